The molecule has 0 saturated carbocycles. The van der Waals surface area contributed by atoms with Crippen molar-refractivity contribution in [2.75, 3.05) is 4.90 Å². The van der Waals surface area contributed by atoms with Crippen LogP contribution in [0.25, 0.3) is 0 Å². The van der Waals surface area contributed by atoms with Gasteiger partial charge in [0.25, 0.3) is 5.91 Å². The zero-order chi connectivity index (χ0) is 22.0. The molecule has 6 nitrogen and oxygen atoms in total. The summed E-state index contributed by atoms with van der Waals surface area (Å²) in [4.78, 5) is 42.9. The van der Waals surface area contributed by atoms with E-state index in [0.29, 0.717) is 12.8 Å². The highest BCUT2D eigenvalue weighted by atomic mass is 16.6. The number of para-hydroxylation sites is 1. The van der Waals surface area contributed by atoms with Crippen LogP contribution in [0.4, 0.5) is 5.69 Å². The average molecular weight is 411 g/mol. The molecule has 1 aromatic carbocycles. The van der Waals surface area contributed by atoms with Gasteiger partial charge in [-0.05, 0) is 35.8 Å². The van der Waals surface area contributed by atoms with E-state index in [0.717, 1.165) is 11.3 Å². The van der Waals surface area contributed by atoms with Crippen LogP contribution in [0.1, 0.15) is 53.0 Å². The molecular formula is C24H30N2O4. The molecule has 0 aromatic heterocycles. The monoisotopic (exact) mass is 410 g/mol. The first-order valence-electron chi connectivity index (χ1n) is 10.6. The van der Waals surface area contributed by atoms with Crippen molar-refractivity contribution in [1.29, 1.82) is 0 Å². The standard InChI is InChI=1S/C24H30N2O4/c1-7-23(5,6)24-13-18-21(29)30-19(12-14(2)3)20(28)26(18)22(24)25(15(4)27)17-11-9-8-10-16(17)24/h7-11,14,18-19,22H,1,12-13H2,2-6H3. The van der Waals surface area contributed by atoms with E-state index in [9.17, 15) is 14.4 Å². The Morgan fingerprint density at radius 2 is 2.00 bits per heavy atom. The van der Waals surface area contributed by atoms with E-state index in [-0.39, 0.29) is 23.7 Å². The highest BCUT2D eigenvalue weighted by Gasteiger charge is 2.70. The van der Waals surface area contributed by atoms with Crippen molar-refractivity contribution in [3.63, 3.8) is 0 Å². The number of morpholine rings is 1. The normalized spacial score (nSPS) is 30.1. The number of benzene rings is 1. The van der Waals surface area contributed by atoms with Gasteiger partial charge in [0.15, 0.2) is 6.10 Å². The summed E-state index contributed by atoms with van der Waals surface area (Å²) in [6, 6.07) is 7.06. The number of ether oxygens (including phenoxy) is 1. The van der Waals surface area contributed by atoms with Gasteiger partial charge in [0, 0.05) is 18.0 Å². The van der Waals surface area contributed by atoms with Crippen LogP contribution >= 0.6 is 0 Å². The zero-order valence-corrected chi connectivity index (χ0v) is 18.3. The molecular weight excluding hydrogens is 380 g/mol. The van der Waals surface area contributed by atoms with Gasteiger partial charge in [-0.3, -0.25) is 14.5 Å². The summed E-state index contributed by atoms with van der Waals surface area (Å²) in [5.74, 6) is -0.541. The number of cyclic esters (lactones) is 1. The van der Waals surface area contributed by atoms with E-state index >= 15 is 0 Å². The van der Waals surface area contributed by atoms with Gasteiger partial charge in [-0.25, -0.2) is 4.79 Å². The zero-order valence-electron chi connectivity index (χ0n) is 18.3. The molecule has 160 valence electrons. The molecule has 2 saturated heterocycles. The number of carbonyl (C=O) groups is 3. The molecule has 0 spiro atoms. The smallest absolute Gasteiger partial charge is 0.329 e. The first-order valence-corrected chi connectivity index (χ1v) is 10.6. The van der Waals surface area contributed by atoms with E-state index in [1.165, 1.54) is 6.92 Å². The lowest BCUT2D eigenvalue weighted by Crippen LogP contribution is -2.63. The van der Waals surface area contributed by atoms with Crippen molar-refractivity contribution in [3.8, 4) is 0 Å². The van der Waals surface area contributed by atoms with Gasteiger partial charge < -0.3 is 9.64 Å². The second-order valence-electron chi connectivity index (χ2n) is 9.70. The minimum absolute atomic E-state index is 0.151. The second kappa shape index (κ2) is 6.69. The summed E-state index contributed by atoms with van der Waals surface area (Å²) in [7, 11) is 0. The minimum atomic E-state index is -0.811. The van der Waals surface area contributed by atoms with Gasteiger partial charge in [0.1, 0.15) is 12.2 Å². The second-order valence-corrected chi connectivity index (χ2v) is 9.70. The highest BCUT2D eigenvalue weighted by molar-refractivity contribution is 6.00. The van der Waals surface area contributed by atoms with Gasteiger partial charge >= 0.3 is 5.97 Å². The Labute approximate surface area is 177 Å². The predicted molar refractivity (Wildman–Crippen MR) is 114 cm³/mol. The van der Waals surface area contributed by atoms with Crippen molar-refractivity contribution >= 4 is 23.5 Å². The van der Waals surface area contributed by atoms with E-state index < -0.39 is 29.1 Å². The summed E-state index contributed by atoms with van der Waals surface area (Å²) in [6.07, 6.45) is 1.34. The number of esters is 1. The molecule has 2 amide bonds. The number of hydrogen-bond acceptors (Lipinski definition) is 4. The van der Waals surface area contributed by atoms with Crippen LogP contribution in [0, 0.1) is 11.3 Å². The lowest BCUT2D eigenvalue weighted by Gasteiger charge is -2.46. The topological polar surface area (TPSA) is 66.9 Å². The third kappa shape index (κ3) is 2.52. The van der Waals surface area contributed by atoms with E-state index in [2.05, 4.69) is 20.4 Å². The summed E-state index contributed by atoms with van der Waals surface area (Å²) >= 11 is 0. The fourth-order valence-corrected chi connectivity index (χ4v) is 5.65. The maximum atomic E-state index is 13.6. The first-order chi connectivity index (χ1) is 14.1. The number of allylic oxidation sites excluding steroid dienone is 1. The maximum Gasteiger partial charge on any atom is 0.329 e. The van der Waals surface area contributed by atoms with Crippen molar-refractivity contribution in [2.45, 2.75) is 71.2 Å². The number of nitrogens with zero attached hydrogens (tertiary/aromatic N) is 2. The molecule has 4 rings (SSSR count). The Morgan fingerprint density at radius 3 is 2.60 bits per heavy atom. The molecule has 30 heavy (non-hydrogen) atoms. The Kier molecular flexibility index (Phi) is 4.60. The molecule has 0 bridgehead atoms. The molecule has 0 radical (unpaired) electrons. The molecule has 0 aliphatic carbocycles. The number of fused-ring (bicyclic) bond motifs is 5. The molecule has 3 heterocycles. The van der Waals surface area contributed by atoms with Crippen LogP contribution in [-0.2, 0) is 24.5 Å². The van der Waals surface area contributed by atoms with Crippen LogP contribution in [0.15, 0.2) is 36.9 Å². The first kappa shape index (κ1) is 20.6. The average Bonchev–Trinajstić information content (AvgIpc) is 3.17. The van der Waals surface area contributed by atoms with Gasteiger partial charge in [-0.15, -0.1) is 6.58 Å². The molecule has 4 unspecified atom stereocenters. The molecule has 3 aliphatic heterocycles. The fourth-order valence-electron chi connectivity index (χ4n) is 5.65. The predicted octanol–water partition coefficient (Wildman–Crippen LogP) is 3.40. The number of amides is 2. The molecule has 1 aromatic rings. The Hall–Kier alpha value is -2.63. The van der Waals surface area contributed by atoms with E-state index in [1.54, 1.807) is 9.80 Å². The van der Waals surface area contributed by atoms with Crippen LogP contribution in [0.2, 0.25) is 0 Å². The van der Waals surface area contributed by atoms with Gasteiger partial charge in [0.2, 0.25) is 5.91 Å². The summed E-state index contributed by atoms with van der Waals surface area (Å²) in [5, 5.41) is 0. The van der Waals surface area contributed by atoms with Crippen molar-refractivity contribution in [3.05, 3.63) is 42.5 Å². The van der Waals surface area contributed by atoms with Crippen LogP contribution in [0.3, 0.4) is 0 Å². The van der Waals surface area contributed by atoms with Crippen LogP contribution in [0.5, 0.6) is 0 Å². The molecule has 2 fully saturated rings. The third-order valence-corrected chi connectivity index (χ3v) is 7.19. The van der Waals surface area contributed by atoms with Crippen molar-refractivity contribution in [1.82, 2.24) is 4.90 Å². The minimum Gasteiger partial charge on any atom is -0.451 e. The highest BCUT2D eigenvalue weighted by Crippen LogP contribution is 2.62. The quantitative estimate of drug-likeness (QED) is 0.564. The third-order valence-electron chi connectivity index (χ3n) is 7.19. The van der Waals surface area contributed by atoms with Crippen molar-refractivity contribution in [2.24, 2.45) is 11.3 Å². The lowest BCUT2D eigenvalue weighted by molar-refractivity contribution is -0.178. The van der Waals surface area contributed by atoms with Crippen LogP contribution in [-0.4, -0.2) is 41.0 Å². The number of hydrogen-bond donors (Lipinski definition) is 0. The van der Waals surface area contributed by atoms with Gasteiger partial charge in [-0.2, -0.15) is 0 Å². The largest absolute Gasteiger partial charge is 0.451 e. The number of carbonyl (C=O) groups excluding carboxylic acids is 3. The van der Waals surface area contributed by atoms with Gasteiger partial charge in [-0.1, -0.05) is 52.0 Å². The number of anilines is 1. The summed E-state index contributed by atoms with van der Waals surface area (Å²) < 4.78 is 5.60. The van der Waals surface area contributed by atoms with Gasteiger partial charge in [0.05, 0.1) is 0 Å². The number of rotatable bonds is 4. The Morgan fingerprint density at radius 1 is 1.33 bits per heavy atom. The van der Waals surface area contributed by atoms with E-state index in [4.69, 9.17) is 4.74 Å². The van der Waals surface area contributed by atoms with Crippen LogP contribution < -0.4 is 4.90 Å². The fraction of sp³-hybridized carbons (Fsp3) is 0.542. The Bertz CT molecular complexity index is 937. The van der Waals surface area contributed by atoms with Crippen molar-refractivity contribution < 1.29 is 19.1 Å². The molecule has 3 aliphatic rings. The molecule has 0 N–H and O–H groups in total. The lowest BCUT2D eigenvalue weighted by atomic mass is 9.60. The van der Waals surface area contributed by atoms with E-state index in [1.807, 2.05) is 44.2 Å². The Balaban J connectivity index is 1.95. The molecule has 4 atom stereocenters. The summed E-state index contributed by atoms with van der Waals surface area (Å²) in [5.41, 5.74) is 0.646. The SMILES string of the molecule is C=CC(C)(C)C12CC3C(=O)OC(CC(C)C)C(=O)N3C1N(C(C)=O)c1ccccc12. The summed E-state index contributed by atoms with van der Waals surface area (Å²) in [6.45, 7) is 13.7. The maximum absolute atomic E-state index is 13.6. The molecule has 6 heteroatoms.